The summed E-state index contributed by atoms with van der Waals surface area (Å²) >= 11 is 3.27. The molecule has 5 nitrogen and oxygen atoms in total. The highest BCUT2D eigenvalue weighted by Gasteiger charge is 2.13. The second-order valence-corrected chi connectivity index (χ2v) is 7.20. The fourth-order valence-electron chi connectivity index (χ4n) is 2.29. The van der Waals surface area contributed by atoms with Gasteiger partial charge in [0.05, 0.1) is 28.6 Å². The average molecular weight is 355 g/mol. The van der Waals surface area contributed by atoms with Crippen LogP contribution < -0.4 is 4.74 Å². The smallest absolute Gasteiger partial charge is 0.237 e. The number of benzene rings is 2. The van der Waals surface area contributed by atoms with Crippen LogP contribution in [0.1, 0.15) is 5.89 Å². The van der Waals surface area contributed by atoms with Crippen molar-refractivity contribution in [1.29, 1.82) is 0 Å². The Balaban J connectivity index is 1.51. The minimum atomic E-state index is 0.535. The zero-order valence-corrected chi connectivity index (χ0v) is 14.4. The summed E-state index contributed by atoms with van der Waals surface area (Å²) in [5.41, 5.74) is 1.84. The van der Waals surface area contributed by atoms with Crippen molar-refractivity contribution in [2.24, 2.45) is 0 Å². The van der Waals surface area contributed by atoms with Crippen molar-refractivity contribution in [3.8, 4) is 17.1 Å². The zero-order chi connectivity index (χ0) is 16.4. The Morgan fingerprint density at radius 3 is 2.79 bits per heavy atom. The van der Waals surface area contributed by atoms with E-state index in [2.05, 4.69) is 21.2 Å². The molecule has 0 atom stereocenters. The molecule has 0 spiro atoms. The number of methoxy groups -OCH3 is 1. The van der Waals surface area contributed by atoms with Crippen LogP contribution in [-0.4, -0.2) is 22.2 Å². The van der Waals surface area contributed by atoms with Crippen molar-refractivity contribution >= 4 is 33.3 Å². The summed E-state index contributed by atoms with van der Waals surface area (Å²) in [5.74, 6) is 2.42. The minimum absolute atomic E-state index is 0.535. The lowest BCUT2D eigenvalue weighted by atomic mass is 10.2. The molecule has 0 fully saturated rings. The lowest BCUT2D eigenvalue weighted by Gasteiger charge is -2.02. The van der Waals surface area contributed by atoms with Crippen molar-refractivity contribution in [1.82, 2.24) is 15.1 Å². The molecule has 0 aliphatic heterocycles. The third-order valence-electron chi connectivity index (χ3n) is 3.41. The van der Waals surface area contributed by atoms with E-state index in [1.807, 2.05) is 42.5 Å². The number of para-hydroxylation sites is 2. The number of thioether (sulfide) groups is 1. The lowest BCUT2D eigenvalue weighted by Crippen LogP contribution is -1.89. The Kier molecular flexibility index (Phi) is 4.18. The van der Waals surface area contributed by atoms with Crippen LogP contribution in [0.15, 0.2) is 57.4 Å². The summed E-state index contributed by atoms with van der Waals surface area (Å²) in [7, 11) is 1.63. The highest BCUT2D eigenvalue weighted by Crippen LogP contribution is 2.32. The molecule has 0 unspecified atom stereocenters. The van der Waals surface area contributed by atoms with E-state index in [0.29, 0.717) is 17.5 Å². The molecule has 4 rings (SSSR count). The molecule has 0 saturated carbocycles. The van der Waals surface area contributed by atoms with Gasteiger partial charge < -0.3 is 9.26 Å². The fourth-order valence-corrected chi connectivity index (χ4v) is 4.19. The molecule has 0 aliphatic rings. The molecule has 0 aliphatic carbocycles. The third kappa shape index (κ3) is 3.00. The molecule has 0 bridgehead atoms. The summed E-state index contributed by atoms with van der Waals surface area (Å²) in [4.78, 5) is 9.05. The summed E-state index contributed by atoms with van der Waals surface area (Å²) < 4.78 is 12.9. The first-order chi connectivity index (χ1) is 11.8. The van der Waals surface area contributed by atoms with Gasteiger partial charge >= 0.3 is 0 Å². The van der Waals surface area contributed by atoms with Gasteiger partial charge in [-0.05, 0) is 24.3 Å². The lowest BCUT2D eigenvalue weighted by molar-refractivity contribution is 0.390. The molecular formula is C17H13N3O2S2. The number of fused-ring (bicyclic) bond motifs is 1. The number of nitrogens with zero attached hydrogens (tertiary/aromatic N) is 3. The van der Waals surface area contributed by atoms with E-state index in [1.165, 1.54) is 4.70 Å². The standard InChI is InChI=1S/C17H13N3O2S2/c1-21-13-8-4-2-6-11(13)16-19-15(22-20-16)10-23-17-18-12-7-3-5-9-14(12)24-17/h2-9H,10H2,1H3. The normalized spacial score (nSPS) is 11.0. The number of thiazole rings is 1. The maximum atomic E-state index is 5.35. The summed E-state index contributed by atoms with van der Waals surface area (Å²) in [6.45, 7) is 0. The quantitative estimate of drug-likeness (QED) is 0.486. The molecule has 2 aromatic heterocycles. The van der Waals surface area contributed by atoms with E-state index in [4.69, 9.17) is 9.26 Å². The first-order valence-corrected chi connectivity index (χ1v) is 9.08. The molecule has 24 heavy (non-hydrogen) atoms. The van der Waals surface area contributed by atoms with Crippen LogP contribution in [0.25, 0.3) is 21.6 Å². The second-order valence-electron chi connectivity index (χ2n) is 4.95. The minimum Gasteiger partial charge on any atom is -0.496 e. The number of aromatic nitrogens is 3. The predicted octanol–water partition coefficient (Wildman–Crippen LogP) is 4.65. The Morgan fingerprint density at radius 1 is 1.08 bits per heavy atom. The Hall–Kier alpha value is -2.38. The first-order valence-electron chi connectivity index (χ1n) is 7.28. The van der Waals surface area contributed by atoms with Crippen molar-refractivity contribution < 1.29 is 9.26 Å². The predicted molar refractivity (Wildman–Crippen MR) is 95.5 cm³/mol. The SMILES string of the molecule is COc1ccccc1-c1noc(CSc2nc3ccccc3s2)n1. The molecule has 0 radical (unpaired) electrons. The Morgan fingerprint density at radius 2 is 1.92 bits per heavy atom. The van der Waals surface area contributed by atoms with Gasteiger partial charge in [0.25, 0.3) is 0 Å². The van der Waals surface area contributed by atoms with Crippen molar-refractivity contribution in [3.05, 3.63) is 54.4 Å². The van der Waals surface area contributed by atoms with Gasteiger partial charge in [0.2, 0.25) is 11.7 Å². The van der Waals surface area contributed by atoms with Gasteiger partial charge in [0, 0.05) is 0 Å². The van der Waals surface area contributed by atoms with Crippen molar-refractivity contribution in [2.45, 2.75) is 10.1 Å². The van der Waals surface area contributed by atoms with Crippen LogP contribution >= 0.6 is 23.1 Å². The molecule has 0 N–H and O–H groups in total. The van der Waals surface area contributed by atoms with Crippen molar-refractivity contribution in [3.63, 3.8) is 0 Å². The van der Waals surface area contributed by atoms with Gasteiger partial charge in [0.1, 0.15) is 5.75 Å². The summed E-state index contributed by atoms with van der Waals surface area (Å²) in [5, 5.41) is 4.05. The number of hydrogen-bond donors (Lipinski definition) is 0. The topological polar surface area (TPSA) is 61.0 Å². The van der Waals surface area contributed by atoms with E-state index in [1.54, 1.807) is 30.2 Å². The largest absolute Gasteiger partial charge is 0.496 e. The van der Waals surface area contributed by atoms with Crippen LogP contribution in [0, 0.1) is 0 Å². The number of rotatable bonds is 5. The van der Waals surface area contributed by atoms with Gasteiger partial charge in [-0.3, -0.25) is 0 Å². The molecule has 0 amide bonds. The van der Waals surface area contributed by atoms with Gasteiger partial charge in [-0.1, -0.05) is 41.2 Å². The molecule has 4 aromatic rings. The highest BCUT2D eigenvalue weighted by molar-refractivity contribution is 8.00. The van der Waals surface area contributed by atoms with Crippen LogP contribution in [-0.2, 0) is 5.75 Å². The van der Waals surface area contributed by atoms with Gasteiger partial charge in [0.15, 0.2) is 4.34 Å². The highest BCUT2D eigenvalue weighted by atomic mass is 32.2. The molecule has 2 heterocycles. The molecule has 7 heteroatoms. The second kappa shape index (κ2) is 6.62. The Labute approximate surface area is 146 Å². The summed E-state index contributed by atoms with van der Waals surface area (Å²) in [6, 6.07) is 15.7. The van der Waals surface area contributed by atoms with Crippen molar-refractivity contribution in [2.75, 3.05) is 7.11 Å². The Bertz CT molecular complexity index is 948. The van der Waals surface area contributed by atoms with E-state index in [0.717, 1.165) is 21.2 Å². The molecular weight excluding hydrogens is 342 g/mol. The maximum Gasteiger partial charge on any atom is 0.237 e. The van der Waals surface area contributed by atoms with Crippen LogP contribution in [0.5, 0.6) is 5.75 Å². The van der Waals surface area contributed by atoms with Crippen LogP contribution in [0.4, 0.5) is 0 Å². The number of ether oxygens (including phenoxy) is 1. The van der Waals surface area contributed by atoms with Crippen LogP contribution in [0.3, 0.4) is 0 Å². The average Bonchev–Trinajstić information content (AvgIpc) is 3.26. The van der Waals surface area contributed by atoms with Gasteiger partial charge in [-0.2, -0.15) is 4.98 Å². The van der Waals surface area contributed by atoms with E-state index >= 15 is 0 Å². The number of hydrogen-bond acceptors (Lipinski definition) is 7. The van der Waals surface area contributed by atoms with Crippen LogP contribution in [0.2, 0.25) is 0 Å². The van der Waals surface area contributed by atoms with E-state index in [-0.39, 0.29) is 0 Å². The first kappa shape index (κ1) is 15.2. The third-order valence-corrected chi connectivity index (χ3v) is 5.57. The molecule has 0 saturated heterocycles. The van der Waals surface area contributed by atoms with E-state index in [9.17, 15) is 0 Å². The maximum absolute atomic E-state index is 5.35. The molecule has 120 valence electrons. The van der Waals surface area contributed by atoms with E-state index < -0.39 is 0 Å². The van der Waals surface area contributed by atoms with Gasteiger partial charge in [-0.15, -0.1) is 11.3 Å². The monoisotopic (exact) mass is 355 g/mol. The summed E-state index contributed by atoms with van der Waals surface area (Å²) in [6.07, 6.45) is 0. The molecule has 2 aromatic carbocycles. The fraction of sp³-hybridized carbons (Fsp3) is 0.118. The zero-order valence-electron chi connectivity index (χ0n) is 12.8. The van der Waals surface area contributed by atoms with Gasteiger partial charge in [-0.25, -0.2) is 4.98 Å².